The average molecular weight is 343 g/mol. The number of aliphatic hydroxyl groups is 1. The van der Waals surface area contributed by atoms with Crippen LogP contribution in [0.1, 0.15) is 84.5 Å². The van der Waals surface area contributed by atoms with Gasteiger partial charge >= 0.3 is 0 Å². The van der Waals surface area contributed by atoms with Crippen LogP contribution in [0.2, 0.25) is 0 Å². The highest BCUT2D eigenvalue weighted by Crippen LogP contribution is 2.81. The molecule has 1 unspecified atom stereocenters. The van der Waals surface area contributed by atoms with Gasteiger partial charge in [0, 0.05) is 11.8 Å². The number of ketones is 1. The third-order valence-corrected chi connectivity index (χ3v) is 10.2. The topological polar surface area (TPSA) is 37.3 Å². The fourth-order valence-corrected chi connectivity index (χ4v) is 9.09. The molecule has 4 fully saturated rings. The highest BCUT2D eigenvalue weighted by molar-refractivity contribution is 5.91. The van der Waals surface area contributed by atoms with Gasteiger partial charge in [0.05, 0.1) is 6.10 Å². The Labute approximate surface area is 152 Å². The number of allylic oxidation sites excluding steroid dienone is 1. The Bertz CT molecular complexity index is 624. The quantitative estimate of drug-likeness (QED) is 0.762. The molecular formula is C23H34O2. The summed E-state index contributed by atoms with van der Waals surface area (Å²) < 4.78 is 0. The number of rotatable bonds is 2. The number of hydrogen-bond acceptors (Lipinski definition) is 2. The van der Waals surface area contributed by atoms with Crippen LogP contribution in [-0.4, -0.2) is 17.0 Å². The Morgan fingerprint density at radius 3 is 2.60 bits per heavy atom. The summed E-state index contributed by atoms with van der Waals surface area (Å²) in [4.78, 5) is 11.9. The van der Waals surface area contributed by atoms with Crippen LogP contribution in [0, 0.1) is 34.0 Å². The summed E-state index contributed by atoms with van der Waals surface area (Å²) in [5.41, 5.74) is 2.53. The third-order valence-electron chi connectivity index (χ3n) is 10.2. The zero-order valence-electron chi connectivity index (χ0n) is 16.0. The molecule has 0 aromatic rings. The molecule has 0 saturated heterocycles. The first kappa shape index (κ1) is 16.5. The van der Waals surface area contributed by atoms with Gasteiger partial charge in [0.1, 0.15) is 0 Å². The molecule has 5 aliphatic carbocycles. The Hall–Kier alpha value is -0.630. The lowest BCUT2D eigenvalue weighted by Crippen LogP contribution is -2.54. The molecule has 138 valence electrons. The monoisotopic (exact) mass is 342 g/mol. The first-order chi connectivity index (χ1) is 12.0. The van der Waals surface area contributed by atoms with E-state index in [0.29, 0.717) is 22.5 Å². The lowest BCUT2D eigenvalue weighted by Gasteiger charge is -2.60. The number of aliphatic hydroxyl groups excluding tert-OH is 1. The van der Waals surface area contributed by atoms with E-state index in [0.717, 1.165) is 31.1 Å². The van der Waals surface area contributed by atoms with Crippen molar-refractivity contribution in [2.45, 2.75) is 90.6 Å². The first-order valence-electron chi connectivity index (χ1n) is 10.9. The van der Waals surface area contributed by atoms with Crippen LogP contribution in [0.15, 0.2) is 11.6 Å². The summed E-state index contributed by atoms with van der Waals surface area (Å²) in [7, 11) is 0. The van der Waals surface area contributed by atoms with Crippen LogP contribution in [0.5, 0.6) is 0 Å². The Morgan fingerprint density at radius 2 is 1.88 bits per heavy atom. The molecule has 5 rings (SSSR count). The maximum Gasteiger partial charge on any atom is 0.155 e. The van der Waals surface area contributed by atoms with Gasteiger partial charge in [0.15, 0.2) is 5.78 Å². The molecule has 4 saturated carbocycles. The fourth-order valence-electron chi connectivity index (χ4n) is 9.09. The molecule has 1 N–H and O–H groups in total. The molecule has 0 aromatic carbocycles. The summed E-state index contributed by atoms with van der Waals surface area (Å²) in [5.74, 6) is 2.72. The van der Waals surface area contributed by atoms with Crippen LogP contribution >= 0.6 is 0 Å². The average Bonchev–Trinajstić information content (AvgIpc) is 3.05. The second-order valence-electron chi connectivity index (χ2n) is 10.2. The van der Waals surface area contributed by atoms with Crippen molar-refractivity contribution < 1.29 is 9.90 Å². The van der Waals surface area contributed by atoms with Crippen molar-refractivity contribution in [1.29, 1.82) is 0 Å². The maximum atomic E-state index is 11.9. The van der Waals surface area contributed by atoms with Gasteiger partial charge in [-0.3, -0.25) is 4.79 Å². The zero-order chi connectivity index (χ0) is 17.4. The van der Waals surface area contributed by atoms with E-state index in [4.69, 9.17) is 0 Å². The van der Waals surface area contributed by atoms with Gasteiger partial charge in [-0.05, 0) is 98.9 Å². The third kappa shape index (κ3) is 1.78. The smallest absolute Gasteiger partial charge is 0.155 e. The van der Waals surface area contributed by atoms with Crippen LogP contribution in [0.25, 0.3) is 0 Å². The normalized spacial score (nSPS) is 52.2. The van der Waals surface area contributed by atoms with Gasteiger partial charge in [0.25, 0.3) is 0 Å². The second kappa shape index (κ2) is 5.21. The van der Waals surface area contributed by atoms with Crippen molar-refractivity contribution in [3.05, 3.63) is 11.6 Å². The predicted molar refractivity (Wildman–Crippen MR) is 99.0 cm³/mol. The minimum Gasteiger partial charge on any atom is -0.393 e. The molecule has 0 heterocycles. The summed E-state index contributed by atoms with van der Waals surface area (Å²) in [5, 5.41) is 11.0. The minimum absolute atomic E-state index is 0.107. The molecule has 25 heavy (non-hydrogen) atoms. The van der Waals surface area contributed by atoms with E-state index < -0.39 is 0 Å². The van der Waals surface area contributed by atoms with Crippen LogP contribution in [0.3, 0.4) is 0 Å². The van der Waals surface area contributed by atoms with Gasteiger partial charge in [-0.1, -0.05) is 19.4 Å². The molecule has 2 heteroatoms. The molecule has 0 spiro atoms. The Balaban J connectivity index is 1.53. The van der Waals surface area contributed by atoms with Crippen LogP contribution < -0.4 is 0 Å². The van der Waals surface area contributed by atoms with Crippen molar-refractivity contribution in [2.75, 3.05) is 0 Å². The van der Waals surface area contributed by atoms with E-state index in [1.54, 1.807) is 0 Å². The standard InChI is InChI=1S/C23H34O2/c1-3-20(25)23-12-10-22(11-13-23)19-7-4-15-14-16(24)5-6-17(15)18(19)8-9-21(22,23)2/h14,17-20,25H,3-13H2,1-2H3/t17-,18+,19+,20?,21-,22?,23?/m0/s1. The zero-order valence-corrected chi connectivity index (χ0v) is 16.0. The van der Waals surface area contributed by atoms with E-state index in [1.807, 2.05) is 6.08 Å². The largest absolute Gasteiger partial charge is 0.393 e. The van der Waals surface area contributed by atoms with Crippen molar-refractivity contribution in [3.63, 3.8) is 0 Å². The summed E-state index contributed by atoms with van der Waals surface area (Å²) in [6.07, 6.45) is 15.0. The minimum atomic E-state index is -0.107. The van der Waals surface area contributed by atoms with E-state index in [9.17, 15) is 9.90 Å². The van der Waals surface area contributed by atoms with Gasteiger partial charge in [-0.2, -0.15) is 0 Å². The van der Waals surface area contributed by atoms with Crippen LogP contribution in [0.4, 0.5) is 0 Å². The maximum absolute atomic E-state index is 11.9. The number of hydrogen-bond donors (Lipinski definition) is 1. The highest BCUT2D eigenvalue weighted by atomic mass is 16.3. The molecule has 5 atom stereocenters. The van der Waals surface area contributed by atoms with Crippen molar-refractivity contribution in [3.8, 4) is 0 Å². The summed E-state index contributed by atoms with van der Waals surface area (Å²) in [6, 6.07) is 0. The second-order valence-corrected chi connectivity index (χ2v) is 10.2. The van der Waals surface area contributed by atoms with Crippen molar-refractivity contribution >= 4 is 5.78 Å². The molecule has 0 aliphatic heterocycles. The molecule has 0 aromatic heterocycles. The van der Waals surface area contributed by atoms with Gasteiger partial charge in [-0.25, -0.2) is 0 Å². The molecule has 0 amide bonds. The fraction of sp³-hybridized carbons (Fsp3) is 0.870. The van der Waals surface area contributed by atoms with Gasteiger partial charge in [0.2, 0.25) is 0 Å². The predicted octanol–water partition coefficient (Wildman–Crippen LogP) is 5.05. The molecule has 2 nitrogen and oxygen atoms in total. The Kier molecular flexibility index (Phi) is 3.45. The number of carbonyl (C=O) groups is 1. The van der Waals surface area contributed by atoms with E-state index in [-0.39, 0.29) is 11.5 Å². The summed E-state index contributed by atoms with van der Waals surface area (Å²) in [6.45, 7) is 4.74. The van der Waals surface area contributed by atoms with Crippen LogP contribution in [-0.2, 0) is 4.79 Å². The molecular weight excluding hydrogens is 308 g/mol. The SMILES string of the molecule is CCC(O)C12CCC3(CC1)[C@@H]1CCC4=CC(=O)CC[C@@H]4[C@H]1CC[C@]23C. The van der Waals surface area contributed by atoms with Gasteiger partial charge in [-0.15, -0.1) is 0 Å². The summed E-state index contributed by atoms with van der Waals surface area (Å²) >= 11 is 0. The van der Waals surface area contributed by atoms with Crippen molar-refractivity contribution in [2.24, 2.45) is 34.0 Å². The molecule has 2 bridgehead atoms. The highest BCUT2D eigenvalue weighted by Gasteiger charge is 2.74. The van der Waals surface area contributed by atoms with E-state index >= 15 is 0 Å². The van der Waals surface area contributed by atoms with Gasteiger partial charge < -0.3 is 5.11 Å². The van der Waals surface area contributed by atoms with Crippen molar-refractivity contribution in [1.82, 2.24) is 0 Å². The Morgan fingerprint density at radius 1 is 1.12 bits per heavy atom. The molecule has 5 aliphatic rings. The number of fused-ring (bicyclic) bond motifs is 3. The lowest BCUT2D eigenvalue weighted by molar-refractivity contribution is -0.124. The first-order valence-corrected chi connectivity index (χ1v) is 10.9. The van der Waals surface area contributed by atoms with E-state index in [2.05, 4.69) is 13.8 Å². The number of carbonyl (C=O) groups excluding carboxylic acids is 1. The molecule has 0 radical (unpaired) electrons. The van der Waals surface area contributed by atoms with E-state index in [1.165, 1.54) is 56.9 Å². The lowest BCUT2D eigenvalue weighted by atomic mass is 9.45.